The summed E-state index contributed by atoms with van der Waals surface area (Å²) in [5.74, 6) is 1.54. The van der Waals surface area contributed by atoms with E-state index in [9.17, 15) is 0 Å². The molecule has 0 N–H and O–H groups in total. The zero-order valence-corrected chi connectivity index (χ0v) is 14.2. The maximum Gasteiger partial charge on any atom is 0.128 e. The van der Waals surface area contributed by atoms with Crippen LogP contribution >= 0.6 is 0 Å². The van der Waals surface area contributed by atoms with Crippen LogP contribution in [0.15, 0.2) is 61.9 Å². The lowest BCUT2D eigenvalue weighted by Crippen LogP contribution is -1.89. The van der Waals surface area contributed by atoms with Crippen LogP contribution in [0.1, 0.15) is 29.2 Å². The third-order valence-electron chi connectivity index (χ3n) is 3.52. The molecule has 0 aliphatic rings. The van der Waals surface area contributed by atoms with Crippen molar-refractivity contribution in [2.45, 2.75) is 6.92 Å². The van der Waals surface area contributed by atoms with Crippen LogP contribution in [0.2, 0.25) is 0 Å². The molecule has 0 atom stereocenters. The smallest absolute Gasteiger partial charge is 0.128 e. The second-order valence-electron chi connectivity index (χ2n) is 5.13. The number of hydrogen-bond donors (Lipinski definition) is 0. The topological polar surface area (TPSA) is 18.5 Å². The van der Waals surface area contributed by atoms with Crippen molar-refractivity contribution >= 4 is 24.3 Å². The normalized spacial score (nSPS) is 10.9. The number of methoxy groups -OCH3 is 1. The average molecular weight is 318 g/mol. The molecular formula is C22H22O2. The first-order valence-corrected chi connectivity index (χ1v) is 7.74. The van der Waals surface area contributed by atoms with E-state index in [0.29, 0.717) is 0 Å². The van der Waals surface area contributed by atoms with Crippen LogP contribution in [-0.2, 0) is 4.74 Å². The molecule has 0 heterocycles. The predicted octanol–water partition coefficient (Wildman–Crippen LogP) is 6.42. The van der Waals surface area contributed by atoms with E-state index >= 15 is 0 Å². The zero-order chi connectivity index (χ0) is 17.4. The van der Waals surface area contributed by atoms with Crippen molar-refractivity contribution < 1.29 is 9.47 Å². The molecule has 0 unspecified atom stereocenters. The maximum atomic E-state index is 6.01. The lowest BCUT2D eigenvalue weighted by molar-refractivity contribution is 0.341. The van der Waals surface area contributed by atoms with Crippen molar-refractivity contribution in [2.75, 3.05) is 7.11 Å². The van der Waals surface area contributed by atoms with Gasteiger partial charge in [-0.15, -0.1) is 0 Å². The third kappa shape index (κ3) is 4.26. The minimum Gasteiger partial charge on any atom is -0.504 e. The summed E-state index contributed by atoms with van der Waals surface area (Å²) in [7, 11) is 1.62. The molecule has 0 saturated heterocycles. The van der Waals surface area contributed by atoms with Gasteiger partial charge >= 0.3 is 0 Å². The van der Waals surface area contributed by atoms with Crippen LogP contribution in [0.3, 0.4) is 0 Å². The molecule has 0 bridgehead atoms. The van der Waals surface area contributed by atoms with Gasteiger partial charge in [-0.05, 0) is 59.5 Å². The average Bonchev–Trinajstić information content (AvgIpc) is 2.60. The first kappa shape index (κ1) is 17.4. The van der Waals surface area contributed by atoms with E-state index in [-0.39, 0.29) is 0 Å². The Morgan fingerprint density at radius 2 is 1.33 bits per heavy atom. The molecule has 0 amide bonds. The monoisotopic (exact) mass is 318 g/mol. The molecule has 0 radical (unpaired) electrons. The van der Waals surface area contributed by atoms with Crippen molar-refractivity contribution in [3.8, 4) is 11.5 Å². The van der Waals surface area contributed by atoms with Gasteiger partial charge in [0, 0.05) is 0 Å². The summed E-state index contributed by atoms with van der Waals surface area (Å²) in [5.41, 5.74) is 4.16. The van der Waals surface area contributed by atoms with Crippen molar-refractivity contribution in [3.05, 3.63) is 84.1 Å². The molecule has 122 valence electrons. The van der Waals surface area contributed by atoms with E-state index in [1.807, 2.05) is 73.7 Å². The van der Waals surface area contributed by atoms with Gasteiger partial charge in [-0.1, -0.05) is 49.6 Å². The lowest BCUT2D eigenvalue weighted by Gasteiger charge is -2.10. The molecule has 0 saturated carbocycles. The van der Waals surface area contributed by atoms with Gasteiger partial charge in [0.15, 0.2) is 0 Å². The number of benzene rings is 2. The Balaban J connectivity index is 2.34. The van der Waals surface area contributed by atoms with Crippen LogP contribution in [-0.4, -0.2) is 7.11 Å². The summed E-state index contributed by atoms with van der Waals surface area (Å²) < 4.78 is 11.0. The highest BCUT2D eigenvalue weighted by molar-refractivity contribution is 5.67. The third-order valence-corrected chi connectivity index (χ3v) is 3.52. The summed E-state index contributed by atoms with van der Waals surface area (Å²) in [6.45, 7) is 9.66. The van der Waals surface area contributed by atoms with Crippen molar-refractivity contribution in [1.82, 2.24) is 0 Å². The van der Waals surface area contributed by atoms with Crippen LogP contribution in [0.5, 0.6) is 11.5 Å². The van der Waals surface area contributed by atoms with E-state index in [1.165, 1.54) is 0 Å². The molecular weight excluding hydrogens is 296 g/mol. The largest absolute Gasteiger partial charge is 0.504 e. The first-order chi connectivity index (χ1) is 11.7. The molecule has 0 aromatic heterocycles. The Kier molecular flexibility index (Phi) is 6.21. The Labute approximate surface area is 144 Å². The Morgan fingerprint density at radius 1 is 0.792 bits per heavy atom. The van der Waals surface area contributed by atoms with Crippen molar-refractivity contribution in [3.63, 3.8) is 0 Å². The van der Waals surface area contributed by atoms with Gasteiger partial charge < -0.3 is 9.47 Å². The number of allylic oxidation sites excluding steroid dienone is 1. The van der Waals surface area contributed by atoms with Gasteiger partial charge in [-0.25, -0.2) is 0 Å². The highest BCUT2D eigenvalue weighted by atomic mass is 16.5. The van der Waals surface area contributed by atoms with E-state index in [4.69, 9.17) is 9.47 Å². The molecule has 0 fully saturated rings. The van der Waals surface area contributed by atoms with Crippen molar-refractivity contribution in [2.24, 2.45) is 0 Å². The maximum absolute atomic E-state index is 6.01. The molecule has 0 aliphatic carbocycles. The molecule has 0 spiro atoms. The predicted molar refractivity (Wildman–Crippen MR) is 104 cm³/mol. The van der Waals surface area contributed by atoms with Gasteiger partial charge in [-0.2, -0.15) is 0 Å². The quantitative estimate of drug-likeness (QED) is 0.549. The van der Waals surface area contributed by atoms with Gasteiger partial charge in [0.2, 0.25) is 0 Å². The van der Waals surface area contributed by atoms with E-state index in [0.717, 1.165) is 33.8 Å². The second-order valence-corrected chi connectivity index (χ2v) is 5.13. The Bertz CT molecular complexity index is 783. The van der Waals surface area contributed by atoms with Gasteiger partial charge in [0.1, 0.15) is 11.5 Å². The van der Waals surface area contributed by atoms with Gasteiger partial charge in [-0.3, -0.25) is 0 Å². The van der Waals surface area contributed by atoms with Crippen molar-refractivity contribution in [1.29, 1.82) is 0 Å². The Hall–Kier alpha value is -3.00. The fourth-order valence-electron chi connectivity index (χ4n) is 2.35. The van der Waals surface area contributed by atoms with Gasteiger partial charge in [0.25, 0.3) is 0 Å². The minimum atomic E-state index is 0.758. The summed E-state index contributed by atoms with van der Waals surface area (Å²) in [6, 6.07) is 11.8. The molecule has 0 aliphatic heterocycles. The molecule has 24 heavy (non-hydrogen) atoms. The molecule has 2 rings (SSSR count). The number of ether oxygens (including phenoxy) is 2. The van der Waals surface area contributed by atoms with Crippen LogP contribution in [0.25, 0.3) is 24.3 Å². The number of rotatable bonds is 7. The molecule has 2 nitrogen and oxygen atoms in total. The van der Waals surface area contributed by atoms with Crippen LogP contribution < -0.4 is 4.74 Å². The highest BCUT2D eigenvalue weighted by Gasteiger charge is 2.04. The summed E-state index contributed by atoms with van der Waals surface area (Å²) in [5, 5.41) is 0. The summed E-state index contributed by atoms with van der Waals surface area (Å²) >= 11 is 0. The fraction of sp³-hybridized carbons (Fsp3) is 0.0909. The Morgan fingerprint density at radius 3 is 1.79 bits per heavy atom. The van der Waals surface area contributed by atoms with E-state index in [1.54, 1.807) is 13.4 Å². The minimum absolute atomic E-state index is 0.758. The molecule has 2 heteroatoms. The van der Waals surface area contributed by atoms with Crippen LogP contribution in [0.4, 0.5) is 0 Å². The fourth-order valence-corrected chi connectivity index (χ4v) is 2.35. The highest BCUT2D eigenvalue weighted by Crippen LogP contribution is 2.28. The molecule has 2 aromatic carbocycles. The SMILES string of the molecule is C=Cc1ccc(Oc2ccc(C=C)c(/C=C\OC)c2)cc1/C=C\C. The summed E-state index contributed by atoms with van der Waals surface area (Å²) in [4.78, 5) is 0. The first-order valence-electron chi connectivity index (χ1n) is 7.74. The standard InChI is InChI=1S/C22H22O2/c1-5-8-19-15-21(11-9-17(19)6-2)24-22-12-10-18(7-3)20(16-22)13-14-23-4/h5-16H,2-3H2,1,4H3/b8-5-,14-13-. The number of hydrogen-bond acceptors (Lipinski definition) is 2. The molecule has 2 aromatic rings. The lowest BCUT2D eigenvalue weighted by atomic mass is 10.1. The van der Waals surface area contributed by atoms with E-state index in [2.05, 4.69) is 13.2 Å². The van der Waals surface area contributed by atoms with Gasteiger partial charge in [0.05, 0.1) is 13.4 Å². The second kappa shape index (κ2) is 8.59. The zero-order valence-electron chi connectivity index (χ0n) is 14.2. The van der Waals surface area contributed by atoms with E-state index < -0.39 is 0 Å². The summed E-state index contributed by atoms with van der Waals surface area (Å²) in [6.07, 6.45) is 11.2. The van der Waals surface area contributed by atoms with Crippen LogP contribution in [0, 0.1) is 0 Å².